The Hall–Kier alpha value is -1.06. The van der Waals surface area contributed by atoms with Crippen molar-refractivity contribution >= 4 is 17.5 Å². The van der Waals surface area contributed by atoms with Gasteiger partial charge in [0.1, 0.15) is 0 Å². The van der Waals surface area contributed by atoms with Crippen LogP contribution in [0.25, 0.3) is 0 Å². The minimum absolute atomic E-state index is 0.315. The molecule has 1 heterocycles. The smallest absolute Gasteiger partial charge is 0.222 e. The lowest BCUT2D eigenvalue weighted by atomic mass is 9.95. The molecule has 1 amide bonds. The maximum atomic E-state index is 11.8. The third kappa shape index (κ3) is 5.29. The zero-order valence-corrected chi connectivity index (χ0v) is 14.4. The summed E-state index contributed by atoms with van der Waals surface area (Å²) in [6, 6.07) is 8.51. The fourth-order valence-electron chi connectivity index (χ4n) is 2.90. The molecule has 0 spiro atoms. The molecule has 2 unspecified atom stereocenters. The summed E-state index contributed by atoms with van der Waals surface area (Å²) in [4.78, 5) is 13.8. The van der Waals surface area contributed by atoms with Crippen molar-refractivity contribution in [2.75, 3.05) is 19.6 Å². The molecule has 2 rings (SSSR count). The lowest BCUT2D eigenvalue weighted by Crippen LogP contribution is -2.43. The van der Waals surface area contributed by atoms with Gasteiger partial charge in [0.15, 0.2) is 0 Å². The number of carbonyl (C=O) groups excluding carboxylic acids is 1. The van der Waals surface area contributed by atoms with Gasteiger partial charge >= 0.3 is 0 Å². The number of amides is 1. The Balaban J connectivity index is 1.70. The molecule has 0 aliphatic carbocycles. The first-order chi connectivity index (χ1) is 10.6. The van der Waals surface area contributed by atoms with E-state index in [9.17, 15) is 4.79 Å². The van der Waals surface area contributed by atoms with Gasteiger partial charge in [0.05, 0.1) is 0 Å². The zero-order chi connectivity index (χ0) is 15.9. The number of hydrogen-bond donors (Lipinski definition) is 1. The molecular formula is C18H27ClN2O. The van der Waals surface area contributed by atoms with Gasteiger partial charge in [-0.15, -0.1) is 0 Å². The standard InChI is InChI=1S/C18H27ClN2O/c1-14(13-16-6-8-17(19)9-7-16)15(2)20-10-12-21-11-4-3-5-18(21)22/h6-9,14-15,20H,3-5,10-13H2,1-2H3. The SMILES string of the molecule is CC(Cc1ccc(Cl)cc1)C(C)NCCN1CCCCC1=O. The molecular weight excluding hydrogens is 296 g/mol. The Morgan fingerprint density at radius 3 is 2.64 bits per heavy atom. The molecule has 22 heavy (non-hydrogen) atoms. The fraction of sp³-hybridized carbons (Fsp3) is 0.611. The maximum absolute atomic E-state index is 11.8. The van der Waals surface area contributed by atoms with Gasteiger partial charge in [-0.25, -0.2) is 0 Å². The molecule has 1 fully saturated rings. The molecule has 0 radical (unpaired) electrons. The highest BCUT2D eigenvalue weighted by Crippen LogP contribution is 2.15. The highest BCUT2D eigenvalue weighted by molar-refractivity contribution is 6.30. The minimum atomic E-state index is 0.315. The van der Waals surface area contributed by atoms with Crippen LogP contribution in [0.4, 0.5) is 0 Å². The lowest BCUT2D eigenvalue weighted by molar-refractivity contribution is -0.133. The van der Waals surface area contributed by atoms with Crippen LogP contribution >= 0.6 is 11.6 Å². The Labute approximate surface area is 139 Å². The van der Waals surface area contributed by atoms with Crippen molar-refractivity contribution in [3.63, 3.8) is 0 Å². The van der Waals surface area contributed by atoms with E-state index in [0.29, 0.717) is 17.9 Å². The van der Waals surface area contributed by atoms with Crippen LogP contribution in [-0.2, 0) is 11.2 Å². The van der Waals surface area contributed by atoms with Crippen molar-refractivity contribution in [2.45, 2.75) is 45.6 Å². The highest BCUT2D eigenvalue weighted by Gasteiger charge is 2.18. The van der Waals surface area contributed by atoms with Gasteiger partial charge < -0.3 is 10.2 Å². The predicted octanol–water partition coefficient (Wildman–Crippen LogP) is 3.51. The van der Waals surface area contributed by atoms with Crippen LogP contribution in [-0.4, -0.2) is 36.5 Å². The van der Waals surface area contributed by atoms with E-state index in [-0.39, 0.29) is 0 Å². The molecule has 0 aromatic heterocycles. The average Bonchev–Trinajstić information content (AvgIpc) is 2.51. The third-order valence-electron chi connectivity index (χ3n) is 4.59. The lowest BCUT2D eigenvalue weighted by Gasteiger charge is -2.28. The van der Waals surface area contributed by atoms with E-state index >= 15 is 0 Å². The average molecular weight is 323 g/mol. The first-order valence-corrected chi connectivity index (χ1v) is 8.69. The van der Waals surface area contributed by atoms with Gasteiger partial charge in [0, 0.05) is 37.1 Å². The quantitative estimate of drug-likeness (QED) is 0.833. The van der Waals surface area contributed by atoms with E-state index in [1.165, 1.54) is 5.56 Å². The van der Waals surface area contributed by atoms with Crippen LogP contribution < -0.4 is 5.32 Å². The van der Waals surface area contributed by atoms with Gasteiger partial charge in [-0.1, -0.05) is 30.7 Å². The van der Waals surface area contributed by atoms with Crippen LogP contribution in [0.1, 0.15) is 38.7 Å². The second-order valence-corrected chi connectivity index (χ2v) is 6.83. The molecule has 0 saturated carbocycles. The van der Waals surface area contributed by atoms with E-state index in [1.807, 2.05) is 17.0 Å². The van der Waals surface area contributed by atoms with E-state index < -0.39 is 0 Å². The van der Waals surface area contributed by atoms with Crippen LogP contribution in [0.3, 0.4) is 0 Å². The molecule has 1 aliphatic heterocycles. The summed E-state index contributed by atoms with van der Waals surface area (Å²) in [7, 11) is 0. The molecule has 0 bridgehead atoms. The Morgan fingerprint density at radius 2 is 1.95 bits per heavy atom. The molecule has 122 valence electrons. The number of benzene rings is 1. The molecule has 1 aliphatic rings. The summed E-state index contributed by atoms with van der Waals surface area (Å²) in [6.45, 7) is 7.11. The summed E-state index contributed by atoms with van der Waals surface area (Å²) in [5.41, 5.74) is 1.32. The number of halogens is 1. The van der Waals surface area contributed by atoms with Crippen molar-refractivity contribution in [3.05, 3.63) is 34.9 Å². The van der Waals surface area contributed by atoms with Crippen molar-refractivity contribution in [3.8, 4) is 0 Å². The van der Waals surface area contributed by atoms with Gasteiger partial charge in [0.2, 0.25) is 5.91 Å². The Kier molecular flexibility index (Phi) is 6.71. The van der Waals surface area contributed by atoms with Crippen LogP contribution in [0.15, 0.2) is 24.3 Å². The first kappa shape index (κ1) is 17.3. The second kappa shape index (κ2) is 8.54. The van der Waals surface area contributed by atoms with E-state index in [0.717, 1.165) is 50.3 Å². The monoisotopic (exact) mass is 322 g/mol. The van der Waals surface area contributed by atoms with E-state index in [2.05, 4.69) is 31.3 Å². The summed E-state index contributed by atoms with van der Waals surface area (Å²) in [6.07, 6.45) is 3.96. The van der Waals surface area contributed by atoms with Gasteiger partial charge in [-0.05, 0) is 49.8 Å². The first-order valence-electron chi connectivity index (χ1n) is 8.32. The van der Waals surface area contributed by atoms with E-state index in [1.54, 1.807) is 0 Å². The third-order valence-corrected chi connectivity index (χ3v) is 4.85. The summed E-state index contributed by atoms with van der Waals surface area (Å²) >= 11 is 5.92. The van der Waals surface area contributed by atoms with Crippen molar-refractivity contribution in [2.24, 2.45) is 5.92 Å². The summed E-state index contributed by atoms with van der Waals surface area (Å²) < 4.78 is 0. The van der Waals surface area contributed by atoms with Crippen LogP contribution in [0.5, 0.6) is 0 Å². The molecule has 2 atom stereocenters. The van der Waals surface area contributed by atoms with Gasteiger partial charge in [-0.3, -0.25) is 4.79 Å². The summed E-state index contributed by atoms with van der Waals surface area (Å²) in [5.74, 6) is 0.855. The molecule has 1 aromatic carbocycles. The molecule has 1 N–H and O–H groups in total. The van der Waals surface area contributed by atoms with Crippen molar-refractivity contribution in [1.82, 2.24) is 10.2 Å². The normalized spacial score (nSPS) is 18.3. The molecule has 1 saturated heterocycles. The largest absolute Gasteiger partial charge is 0.341 e. The zero-order valence-electron chi connectivity index (χ0n) is 13.6. The Morgan fingerprint density at radius 1 is 1.23 bits per heavy atom. The van der Waals surface area contributed by atoms with Crippen LogP contribution in [0.2, 0.25) is 5.02 Å². The minimum Gasteiger partial charge on any atom is -0.341 e. The number of rotatable bonds is 7. The molecule has 3 nitrogen and oxygen atoms in total. The summed E-state index contributed by atoms with van der Waals surface area (Å²) in [5, 5.41) is 4.35. The molecule has 1 aromatic rings. The van der Waals surface area contributed by atoms with Crippen molar-refractivity contribution in [1.29, 1.82) is 0 Å². The van der Waals surface area contributed by atoms with Gasteiger partial charge in [0.25, 0.3) is 0 Å². The maximum Gasteiger partial charge on any atom is 0.222 e. The van der Waals surface area contributed by atoms with E-state index in [4.69, 9.17) is 11.6 Å². The van der Waals surface area contributed by atoms with Gasteiger partial charge in [-0.2, -0.15) is 0 Å². The van der Waals surface area contributed by atoms with Crippen molar-refractivity contribution < 1.29 is 4.79 Å². The number of carbonyl (C=O) groups is 1. The molecule has 4 heteroatoms. The topological polar surface area (TPSA) is 32.3 Å². The second-order valence-electron chi connectivity index (χ2n) is 6.39. The highest BCUT2D eigenvalue weighted by atomic mass is 35.5. The number of nitrogens with one attached hydrogen (secondary N) is 1. The predicted molar refractivity (Wildman–Crippen MR) is 92.2 cm³/mol. The number of piperidine rings is 1. The fourth-order valence-corrected chi connectivity index (χ4v) is 3.02. The Bertz CT molecular complexity index is 474. The number of nitrogens with zero attached hydrogens (tertiary/aromatic N) is 1. The number of likely N-dealkylation sites (tertiary alicyclic amines) is 1. The van der Waals surface area contributed by atoms with Crippen LogP contribution in [0, 0.1) is 5.92 Å². The number of hydrogen-bond acceptors (Lipinski definition) is 2.